The van der Waals surface area contributed by atoms with Crippen LogP contribution >= 0.6 is 27.3 Å². The maximum atomic E-state index is 13.0. The van der Waals surface area contributed by atoms with Crippen LogP contribution < -0.4 is 4.90 Å². The number of hydrogen-bond acceptors (Lipinski definition) is 5. The molecule has 6 nitrogen and oxygen atoms in total. The molecule has 0 saturated heterocycles. The van der Waals surface area contributed by atoms with Crippen molar-refractivity contribution in [3.8, 4) is 5.69 Å². The number of thiophene rings is 1. The van der Waals surface area contributed by atoms with Crippen LogP contribution in [-0.2, 0) is 6.54 Å². The number of hydrogen-bond donors (Lipinski definition) is 0. The van der Waals surface area contributed by atoms with Crippen LogP contribution in [0.2, 0.25) is 0 Å². The first-order valence-electron chi connectivity index (χ1n) is 9.05. The van der Waals surface area contributed by atoms with Gasteiger partial charge in [0.05, 0.1) is 17.1 Å². The first-order chi connectivity index (χ1) is 13.9. The first kappa shape index (κ1) is 19.6. The number of aromatic nitrogens is 3. The quantitative estimate of drug-likeness (QED) is 0.429. The van der Waals surface area contributed by atoms with Gasteiger partial charge in [-0.15, -0.1) is 11.3 Å². The molecule has 0 radical (unpaired) electrons. The minimum absolute atomic E-state index is 0.0348. The molecule has 4 rings (SSSR count). The average molecular weight is 470 g/mol. The number of imidazole rings is 1. The smallest absolute Gasteiger partial charge is 0.264 e. The van der Waals surface area contributed by atoms with Gasteiger partial charge in [-0.25, -0.2) is 4.98 Å². The number of nitrogens with zero attached hydrogens (tertiary/aromatic N) is 5. The lowest BCUT2D eigenvalue weighted by molar-refractivity contribution is 0.0788. The molecule has 29 heavy (non-hydrogen) atoms. The Bertz CT molecular complexity index is 1150. The number of anilines is 1. The third-order valence-corrected chi connectivity index (χ3v) is 6.11. The second-order valence-electron chi connectivity index (χ2n) is 6.90. The van der Waals surface area contributed by atoms with E-state index in [0.717, 1.165) is 32.1 Å². The molecule has 0 saturated carbocycles. The molecule has 0 fully saturated rings. The van der Waals surface area contributed by atoms with Gasteiger partial charge in [0.25, 0.3) is 5.91 Å². The van der Waals surface area contributed by atoms with Crippen LogP contribution in [0.5, 0.6) is 0 Å². The molecule has 3 heterocycles. The summed E-state index contributed by atoms with van der Waals surface area (Å²) in [5.74, 6) is 0.793. The number of fused-ring (bicyclic) bond motifs is 1. The molecule has 0 aliphatic carbocycles. The lowest BCUT2D eigenvalue weighted by atomic mass is 10.3. The molecule has 0 spiro atoms. The first-order valence-corrected chi connectivity index (χ1v) is 10.7. The monoisotopic (exact) mass is 469 g/mol. The predicted molar refractivity (Wildman–Crippen MR) is 121 cm³/mol. The minimum atomic E-state index is -0.0348. The van der Waals surface area contributed by atoms with E-state index in [2.05, 4.69) is 25.5 Å². The highest BCUT2D eigenvalue weighted by molar-refractivity contribution is 9.10. The van der Waals surface area contributed by atoms with Crippen molar-refractivity contribution >= 4 is 49.5 Å². The van der Waals surface area contributed by atoms with Crippen molar-refractivity contribution < 1.29 is 4.79 Å². The van der Waals surface area contributed by atoms with Gasteiger partial charge in [0, 0.05) is 37.5 Å². The molecular formula is C21H20BrN5OS. The van der Waals surface area contributed by atoms with Gasteiger partial charge < -0.3 is 9.80 Å². The summed E-state index contributed by atoms with van der Waals surface area (Å²) in [5.41, 5.74) is 2.68. The maximum Gasteiger partial charge on any atom is 0.264 e. The van der Waals surface area contributed by atoms with Gasteiger partial charge in [0.1, 0.15) is 10.3 Å². The van der Waals surface area contributed by atoms with Crippen molar-refractivity contribution in [2.45, 2.75) is 6.54 Å². The highest BCUT2D eigenvalue weighted by Gasteiger charge is 2.21. The number of rotatable bonds is 5. The fourth-order valence-corrected chi connectivity index (χ4v) is 4.46. The molecule has 0 aliphatic heterocycles. The normalized spacial score (nSPS) is 11.0. The van der Waals surface area contributed by atoms with Crippen LogP contribution in [-0.4, -0.2) is 46.5 Å². The van der Waals surface area contributed by atoms with Crippen LogP contribution in [0.3, 0.4) is 0 Å². The standard InChI is InChI=1S/C21H20BrN5OS/c1-25(2)21-24-17-12-18(19(28)26(3)13-15-6-4-5-11-23-15)29-20(17)27(21)16-9-7-14(22)8-10-16/h4-12H,13H2,1-3H3. The summed E-state index contributed by atoms with van der Waals surface area (Å²) in [6.07, 6.45) is 1.74. The number of benzene rings is 1. The Kier molecular flexibility index (Phi) is 5.38. The van der Waals surface area contributed by atoms with E-state index in [9.17, 15) is 4.79 Å². The van der Waals surface area contributed by atoms with Crippen molar-refractivity contribution in [2.75, 3.05) is 26.0 Å². The Balaban J connectivity index is 1.70. The summed E-state index contributed by atoms with van der Waals surface area (Å²) in [6.45, 7) is 0.463. The van der Waals surface area contributed by atoms with Gasteiger partial charge in [-0.2, -0.15) is 0 Å². The third kappa shape index (κ3) is 3.90. The Labute approximate surface area is 181 Å². The van der Waals surface area contributed by atoms with Crippen LogP contribution in [0.4, 0.5) is 5.95 Å². The van der Waals surface area contributed by atoms with Crippen molar-refractivity contribution in [3.63, 3.8) is 0 Å². The molecule has 0 atom stereocenters. The van der Waals surface area contributed by atoms with E-state index in [-0.39, 0.29) is 5.91 Å². The third-order valence-electron chi connectivity index (χ3n) is 4.48. The van der Waals surface area contributed by atoms with Gasteiger partial charge in [-0.05, 0) is 42.5 Å². The van der Waals surface area contributed by atoms with Gasteiger partial charge in [-0.1, -0.05) is 22.0 Å². The van der Waals surface area contributed by atoms with Gasteiger partial charge in [-0.3, -0.25) is 14.3 Å². The number of pyridine rings is 1. The molecule has 8 heteroatoms. The molecule has 0 bridgehead atoms. The molecule has 0 aliphatic rings. The summed E-state index contributed by atoms with van der Waals surface area (Å²) >= 11 is 4.94. The fourth-order valence-electron chi connectivity index (χ4n) is 3.08. The van der Waals surface area contributed by atoms with Crippen molar-refractivity contribution in [3.05, 3.63) is 69.8 Å². The van der Waals surface area contributed by atoms with E-state index in [0.29, 0.717) is 11.4 Å². The largest absolute Gasteiger partial charge is 0.348 e. The summed E-state index contributed by atoms with van der Waals surface area (Å²) in [4.78, 5) is 27.3. The molecule has 0 N–H and O–H groups in total. The fraction of sp³-hybridized carbons (Fsp3) is 0.190. The summed E-state index contributed by atoms with van der Waals surface area (Å²) in [5, 5.41) is 0. The zero-order valence-corrected chi connectivity index (χ0v) is 18.7. The number of carbonyl (C=O) groups is 1. The van der Waals surface area contributed by atoms with Crippen LogP contribution in [0.25, 0.3) is 16.0 Å². The molecule has 1 aromatic carbocycles. The number of carbonyl (C=O) groups excluding carboxylic acids is 1. The van der Waals surface area contributed by atoms with Gasteiger partial charge in [0.2, 0.25) is 5.95 Å². The van der Waals surface area contributed by atoms with E-state index in [1.54, 1.807) is 18.1 Å². The average Bonchev–Trinajstić information content (AvgIpc) is 3.27. The Morgan fingerprint density at radius 2 is 1.90 bits per heavy atom. The lowest BCUT2D eigenvalue weighted by Gasteiger charge is -2.16. The van der Waals surface area contributed by atoms with Crippen molar-refractivity contribution in [1.82, 2.24) is 19.4 Å². The van der Waals surface area contributed by atoms with E-state index in [4.69, 9.17) is 4.98 Å². The Morgan fingerprint density at radius 1 is 1.14 bits per heavy atom. The van der Waals surface area contributed by atoms with Crippen LogP contribution in [0.1, 0.15) is 15.4 Å². The Morgan fingerprint density at radius 3 is 2.55 bits per heavy atom. The minimum Gasteiger partial charge on any atom is -0.348 e. The van der Waals surface area contributed by atoms with Crippen LogP contribution in [0.15, 0.2) is 59.2 Å². The molecular weight excluding hydrogens is 450 g/mol. The van der Waals surface area contributed by atoms with Gasteiger partial charge >= 0.3 is 0 Å². The second-order valence-corrected chi connectivity index (χ2v) is 8.85. The zero-order valence-electron chi connectivity index (χ0n) is 16.3. The molecule has 148 valence electrons. The number of halogens is 1. The maximum absolute atomic E-state index is 13.0. The Hall–Kier alpha value is -2.71. The summed E-state index contributed by atoms with van der Waals surface area (Å²) in [7, 11) is 5.73. The molecule has 3 aromatic heterocycles. The highest BCUT2D eigenvalue weighted by Crippen LogP contribution is 2.33. The zero-order chi connectivity index (χ0) is 20.5. The predicted octanol–water partition coefficient (Wildman–Crippen LogP) is 4.58. The highest BCUT2D eigenvalue weighted by atomic mass is 79.9. The second kappa shape index (κ2) is 7.96. The molecule has 4 aromatic rings. The van der Waals surface area contributed by atoms with E-state index < -0.39 is 0 Å². The van der Waals surface area contributed by atoms with E-state index >= 15 is 0 Å². The van der Waals surface area contributed by atoms with Crippen LogP contribution in [0, 0.1) is 0 Å². The van der Waals surface area contributed by atoms with Crippen molar-refractivity contribution in [2.24, 2.45) is 0 Å². The lowest BCUT2D eigenvalue weighted by Crippen LogP contribution is -2.25. The van der Waals surface area contributed by atoms with E-state index in [1.165, 1.54) is 11.3 Å². The SMILES string of the molecule is CN(Cc1ccccn1)C(=O)c1cc2nc(N(C)C)n(-c3ccc(Br)cc3)c2s1. The van der Waals surface area contributed by atoms with Crippen molar-refractivity contribution in [1.29, 1.82) is 0 Å². The summed E-state index contributed by atoms with van der Waals surface area (Å²) < 4.78 is 3.10. The number of amides is 1. The van der Waals surface area contributed by atoms with E-state index in [1.807, 2.05) is 67.5 Å². The topological polar surface area (TPSA) is 54.3 Å². The molecule has 0 unspecified atom stereocenters. The molecule has 1 amide bonds. The summed E-state index contributed by atoms with van der Waals surface area (Å²) in [6, 6.07) is 15.7. The van der Waals surface area contributed by atoms with Gasteiger partial charge in [0.15, 0.2) is 0 Å².